The fraction of sp³-hybridized carbons (Fsp3) is 0.650. The Kier molecular flexibility index (Phi) is 16.4. The van der Waals surface area contributed by atoms with Crippen molar-refractivity contribution >= 4 is 65.8 Å². The van der Waals surface area contributed by atoms with E-state index in [1.165, 1.54) is 13.8 Å². The van der Waals surface area contributed by atoms with Gasteiger partial charge in [-0.2, -0.15) is 8.42 Å². The van der Waals surface area contributed by atoms with Crippen molar-refractivity contribution in [3.63, 3.8) is 0 Å². The summed E-state index contributed by atoms with van der Waals surface area (Å²) in [6.07, 6.45) is 3.35. The maximum absolute atomic E-state index is 12.9. The fourth-order valence-corrected chi connectivity index (χ4v) is 2.64. The Hall–Kier alpha value is -0.940. The molecule has 0 unspecified atom stereocenters. The summed E-state index contributed by atoms with van der Waals surface area (Å²) in [5, 5.41) is 0. The molecule has 11 heteroatoms. The van der Waals surface area contributed by atoms with Crippen LogP contribution in [0.1, 0.15) is 52.9 Å². The Morgan fingerprint density at radius 1 is 0.903 bits per heavy atom. The van der Waals surface area contributed by atoms with Crippen molar-refractivity contribution in [1.82, 2.24) is 0 Å². The van der Waals surface area contributed by atoms with Gasteiger partial charge < -0.3 is 14.2 Å². The molecular weight excluding hydrogens is 456 g/mol. The minimum absolute atomic E-state index is 0. The van der Waals surface area contributed by atoms with Crippen molar-refractivity contribution in [3.8, 4) is 0 Å². The molecular formula is C20H34CaO9S. The first kappa shape index (κ1) is 32.2. The zero-order valence-electron chi connectivity index (χ0n) is 17.9. The summed E-state index contributed by atoms with van der Waals surface area (Å²) in [6.45, 7) is 10.4. The molecule has 0 fully saturated rings. The van der Waals surface area contributed by atoms with Gasteiger partial charge in [-0.15, -0.1) is 0 Å². The molecule has 0 aliphatic heterocycles. The quantitative estimate of drug-likeness (QED) is 0.0909. The Bertz CT molecular complexity index is 714. The van der Waals surface area contributed by atoms with Crippen LogP contribution in [0.3, 0.4) is 0 Å². The Balaban J connectivity index is 0. The van der Waals surface area contributed by atoms with Gasteiger partial charge in [0, 0.05) is 11.1 Å². The van der Waals surface area contributed by atoms with E-state index in [4.69, 9.17) is 18.8 Å². The molecule has 9 nitrogen and oxygen atoms in total. The van der Waals surface area contributed by atoms with E-state index in [-0.39, 0.29) is 55.3 Å². The minimum atomic E-state index is -4.33. The molecule has 0 amide bonds. The maximum atomic E-state index is 12.9. The predicted molar refractivity (Wildman–Crippen MR) is 119 cm³/mol. The van der Waals surface area contributed by atoms with E-state index in [1.807, 2.05) is 6.92 Å². The normalized spacial score (nSPS) is 11.1. The first-order valence-electron chi connectivity index (χ1n) is 9.62. The summed E-state index contributed by atoms with van der Waals surface area (Å²) in [7, 11) is -4.33. The van der Waals surface area contributed by atoms with Gasteiger partial charge in [0.2, 0.25) is 0 Å². The number of carbonyl (C=O) groups is 3. The molecule has 0 aliphatic rings. The van der Waals surface area contributed by atoms with E-state index < -0.39 is 59.0 Å². The van der Waals surface area contributed by atoms with E-state index in [1.54, 1.807) is 0 Å². The molecule has 0 radical (unpaired) electrons. The molecule has 1 N–H and O–H groups in total. The summed E-state index contributed by atoms with van der Waals surface area (Å²) in [5.74, 6) is -3.15. The van der Waals surface area contributed by atoms with E-state index >= 15 is 0 Å². The van der Waals surface area contributed by atoms with Gasteiger partial charge in [0.05, 0.1) is 0 Å². The number of hydrogen-bond acceptors (Lipinski definition) is 8. The molecule has 0 rings (SSSR count). The zero-order chi connectivity index (χ0) is 23.4. The van der Waals surface area contributed by atoms with Crippen molar-refractivity contribution in [2.45, 2.75) is 52.9 Å². The van der Waals surface area contributed by atoms with Gasteiger partial charge >= 0.3 is 55.6 Å². The molecule has 0 aromatic heterocycles. The van der Waals surface area contributed by atoms with Gasteiger partial charge in [-0.25, -0.2) is 9.59 Å². The topological polar surface area (TPSA) is 133 Å². The second-order valence-corrected chi connectivity index (χ2v) is 8.80. The Morgan fingerprint density at radius 2 is 1.39 bits per heavy atom. The van der Waals surface area contributed by atoms with E-state index in [2.05, 4.69) is 13.2 Å². The molecule has 0 aromatic carbocycles. The predicted octanol–water partition coefficient (Wildman–Crippen LogP) is 1.70. The van der Waals surface area contributed by atoms with Crippen LogP contribution in [-0.2, 0) is 38.7 Å². The number of carbonyl (C=O) groups excluding carboxylic acids is 3. The second-order valence-electron chi connectivity index (χ2n) is 7.23. The third-order valence-electron chi connectivity index (χ3n) is 4.17. The third kappa shape index (κ3) is 13.9. The standard InChI is InChI=1S/C20H32O9S.Ca.2H/c1-6-7-8-9-10-20(13-28-17(21)15(2)3,14-29-18(22)16(4)5)19(23)27-11-12-30(24,25)26;;;/h2,4,6-14H2,1,3,5H3,(H,24,25,26);;;. The molecule has 0 heterocycles. The number of ether oxygens (including phenoxy) is 3. The first-order valence-corrected chi connectivity index (χ1v) is 11.2. The number of rotatable bonds is 15. The van der Waals surface area contributed by atoms with Crippen LogP contribution in [0.25, 0.3) is 0 Å². The SMILES string of the molecule is C=C(C)C(=O)OCC(CCCCCC)(COC(=O)C(=C)C)C(=O)OCCS(=O)(=O)O.[CaH2]. The van der Waals surface area contributed by atoms with Crippen LogP contribution in [0, 0.1) is 5.41 Å². The average molecular weight is 491 g/mol. The second kappa shape index (κ2) is 15.8. The third-order valence-corrected chi connectivity index (χ3v) is 4.85. The molecule has 0 spiro atoms. The van der Waals surface area contributed by atoms with E-state index in [0.29, 0.717) is 6.42 Å². The van der Waals surface area contributed by atoms with Crippen LogP contribution in [0.2, 0.25) is 0 Å². The number of esters is 3. The van der Waals surface area contributed by atoms with Crippen LogP contribution < -0.4 is 0 Å². The van der Waals surface area contributed by atoms with Crippen LogP contribution in [0.4, 0.5) is 0 Å². The monoisotopic (exact) mass is 490 g/mol. The first-order chi connectivity index (χ1) is 13.8. The van der Waals surface area contributed by atoms with Gasteiger partial charge in [0.15, 0.2) is 0 Å². The van der Waals surface area contributed by atoms with Gasteiger partial charge in [0.1, 0.15) is 31.0 Å². The number of unbranched alkanes of at least 4 members (excludes halogenated alkanes) is 3. The molecule has 0 saturated carbocycles. The summed E-state index contributed by atoms with van der Waals surface area (Å²) < 4.78 is 46.0. The van der Waals surface area contributed by atoms with Gasteiger partial charge in [-0.3, -0.25) is 9.35 Å². The van der Waals surface area contributed by atoms with Gasteiger partial charge in [-0.05, 0) is 20.3 Å². The van der Waals surface area contributed by atoms with Crippen LogP contribution in [0.5, 0.6) is 0 Å². The van der Waals surface area contributed by atoms with E-state index in [0.717, 1.165) is 19.3 Å². The summed E-state index contributed by atoms with van der Waals surface area (Å²) in [5.41, 5.74) is -1.30. The molecule has 0 atom stereocenters. The van der Waals surface area contributed by atoms with Crippen LogP contribution >= 0.6 is 0 Å². The van der Waals surface area contributed by atoms with Crippen molar-refractivity contribution in [3.05, 3.63) is 24.3 Å². The van der Waals surface area contributed by atoms with Gasteiger partial charge in [0.25, 0.3) is 10.1 Å². The molecule has 0 aliphatic carbocycles. The molecule has 176 valence electrons. The molecule has 0 saturated heterocycles. The number of hydrogen-bond donors (Lipinski definition) is 1. The van der Waals surface area contributed by atoms with Crippen molar-refractivity contribution < 1.29 is 41.6 Å². The summed E-state index contributed by atoms with van der Waals surface area (Å²) in [6, 6.07) is 0. The average Bonchev–Trinajstić information content (AvgIpc) is 2.64. The molecule has 0 bridgehead atoms. The van der Waals surface area contributed by atoms with Crippen LogP contribution in [-0.4, -0.2) is 94.2 Å². The van der Waals surface area contributed by atoms with Gasteiger partial charge in [-0.1, -0.05) is 45.8 Å². The molecule has 0 aromatic rings. The Morgan fingerprint density at radius 3 is 1.77 bits per heavy atom. The Labute approximate surface area is 214 Å². The fourth-order valence-electron chi connectivity index (χ4n) is 2.34. The van der Waals surface area contributed by atoms with Crippen molar-refractivity contribution in [2.75, 3.05) is 25.6 Å². The van der Waals surface area contributed by atoms with Crippen LogP contribution in [0.15, 0.2) is 24.3 Å². The zero-order valence-corrected chi connectivity index (χ0v) is 18.7. The molecule has 31 heavy (non-hydrogen) atoms. The summed E-state index contributed by atoms with van der Waals surface area (Å²) in [4.78, 5) is 36.6. The summed E-state index contributed by atoms with van der Waals surface area (Å²) >= 11 is 0. The van der Waals surface area contributed by atoms with Crippen molar-refractivity contribution in [2.24, 2.45) is 5.41 Å². The van der Waals surface area contributed by atoms with E-state index in [9.17, 15) is 22.8 Å². The van der Waals surface area contributed by atoms with Crippen molar-refractivity contribution in [1.29, 1.82) is 0 Å².